The van der Waals surface area contributed by atoms with E-state index in [-0.39, 0.29) is 32.7 Å². The third kappa shape index (κ3) is 12.8. The van der Waals surface area contributed by atoms with E-state index < -0.39 is 0 Å². The van der Waals surface area contributed by atoms with Gasteiger partial charge < -0.3 is 9.97 Å². The molecule has 1 saturated carbocycles. The SMILES string of the molecule is C=CC1CC(C=C)C(CCCC)C1.CC.CC.CC.CC.[Y].c1ccc2c(c1)[n-]c1ccccc12.c1ccc2c(c1)[n-]c1ccccc12. The molecule has 1 aliphatic carbocycles. The maximum atomic E-state index is 4.52. The third-order valence-electron chi connectivity index (χ3n) is 8.03. The fourth-order valence-electron chi connectivity index (χ4n) is 5.94. The van der Waals surface area contributed by atoms with Gasteiger partial charge in [0.1, 0.15) is 0 Å². The fraction of sp³-hybridized carbons (Fsp3) is 0.378. The van der Waals surface area contributed by atoms with Crippen LogP contribution < -0.4 is 9.97 Å². The Morgan fingerprint density at radius 1 is 0.542 bits per heavy atom. The summed E-state index contributed by atoms with van der Waals surface area (Å²) in [6.45, 7) is 26.1. The Balaban J connectivity index is 0.000000618. The van der Waals surface area contributed by atoms with Gasteiger partial charge in [-0.2, -0.15) is 0 Å². The van der Waals surface area contributed by atoms with Crippen LogP contribution in [0.5, 0.6) is 0 Å². The summed E-state index contributed by atoms with van der Waals surface area (Å²) in [4.78, 5) is 9.03. The molecule has 0 N–H and O–H groups in total. The molecule has 1 fully saturated rings. The number of unbranched alkanes of at least 4 members (excludes halogenated alkanes) is 1. The van der Waals surface area contributed by atoms with Gasteiger partial charge in [0.05, 0.1) is 0 Å². The average Bonchev–Trinajstić information content (AvgIpc) is 3.87. The first-order chi connectivity index (χ1) is 23.2. The molecule has 0 spiro atoms. The van der Waals surface area contributed by atoms with Gasteiger partial charge in [0.15, 0.2) is 0 Å². The summed E-state index contributed by atoms with van der Waals surface area (Å²) < 4.78 is 0. The maximum absolute atomic E-state index is 4.52. The molecule has 257 valence electrons. The molecule has 3 unspecified atom stereocenters. The van der Waals surface area contributed by atoms with Crippen molar-refractivity contribution in [1.82, 2.24) is 9.97 Å². The Morgan fingerprint density at radius 3 is 1.17 bits per heavy atom. The number of hydrogen-bond donors (Lipinski definition) is 0. The molecule has 2 aromatic heterocycles. The molecule has 0 amide bonds. The van der Waals surface area contributed by atoms with Gasteiger partial charge in [0.2, 0.25) is 0 Å². The second kappa shape index (κ2) is 27.0. The van der Waals surface area contributed by atoms with Crippen LogP contribution >= 0.6 is 0 Å². The third-order valence-corrected chi connectivity index (χ3v) is 8.03. The van der Waals surface area contributed by atoms with Crippen LogP contribution in [-0.2, 0) is 32.7 Å². The molecule has 1 radical (unpaired) electrons. The topological polar surface area (TPSA) is 28.2 Å². The van der Waals surface area contributed by atoms with Gasteiger partial charge in [-0.05, 0) is 58.6 Å². The Hall–Kier alpha value is -2.94. The molecule has 1 aliphatic rings. The predicted octanol–water partition coefficient (Wildman–Crippen LogP) is 14.2. The van der Waals surface area contributed by atoms with Crippen LogP contribution in [0.3, 0.4) is 0 Å². The summed E-state index contributed by atoms with van der Waals surface area (Å²) in [7, 11) is 0. The van der Waals surface area contributed by atoms with E-state index in [0.717, 1.165) is 39.8 Å². The first-order valence-electron chi connectivity index (χ1n) is 18.3. The summed E-state index contributed by atoms with van der Waals surface area (Å²) in [6.07, 6.45) is 11.0. The Kier molecular flexibility index (Phi) is 25.3. The van der Waals surface area contributed by atoms with Crippen molar-refractivity contribution in [3.63, 3.8) is 0 Å². The number of allylic oxidation sites excluding steroid dienone is 2. The van der Waals surface area contributed by atoms with Crippen molar-refractivity contribution in [3.8, 4) is 0 Å². The summed E-state index contributed by atoms with van der Waals surface area (Å²) >= 11 is 0. The van der Waals surface area contributed by atoms with Gasteiger partial charge in [0, 0.05) is 32.7 Å². The van der Waals surface area contributed by atoms with Crippen molar-refractivity contribution >= 4 is 43.6 Å². The second-order valence-electron chi connectivity index (χ2n) is 10.6. The molecule has 6 aromatic rings. The van der Waals surface area contributed by atoms with E-state index in [1.54, 1.807) is 0 Å². The van der Waals surface area contributed by atoms with Crippen molar-refractivity contribution in [2.45, 2.75) is 94.4 Å². The molecular formula is C45H62N2Y-2. The fourth-order valence-corrected chi connectivity index (χ4v) is 5.94. The molecule has 48 heavy (non-hydrogen) atoms. The summed E-state index contributed by atoms with van der Waals surface area (Å²) in [6, 6.07) is 33.0. The molecule has 2 heterocycles. The quantitative estimate of drug-likeness (QED) is 0.166. The van der Waals surface area contributed by atoms with Crippen molar-refractivity contribution in [2.75, 3.05) is 0 Å². The summed E-state index contributed by atoms with van der Waals surface area (Å²) in [5, 5.41) is 4.99. The van der Waals surface area contributed by atoms with Crippen LogP contribution in [-0.4, -0.2) is 0 Å². The van der Waals surface area contributed by atoms with Crippen molar-refractivity contribution in [2.24, 2.45) is 17.8 Å². The van der Waals surface area contributed by atoms with E-state index in [1.807, 2.05) is 79.7 Å². The van der Waals surface area contributed by atoms with Gasteiger partial charge in [-0.25, -0.2) is 0 Å². The first-order valence-corrected chi connectivity index (χ1v) is 18.3. The van der Waals surface area contributed by atoms with Crippen LogP contribution in [0.2, 0.25) is 0 Å². The number of hydrogen-bond acceptors (Lipinski definition) is 0. The molecule has 7 rings (SSSR count). The first kappa shape index (κ1) is 45.1. The summed E-state index contributed by atoms with van der Waals surface area (Å²) in [5.41, 5.74) is 4.35. The van der Waals surface area contributed by atoms with E-state index in [4.69, 9.17) is 0 Å². The maximum Gasteiger partial charge on any atom is 0 e. The zero-order valence-electron chi connectivity index (χ0n) is 31.5. The zero-order valence-corrected chi connectivity index (χ0v) is 34.4. The van der Waals surface area contributed by atoms with Gasteiger partial charge >= 0.3 is 0 Å². The number of para-hydroxylation sites is 4. The van der Waals surface area contributed by atoms with Crippen LogP contribution in [0, 0.1) is 17.8 Å². The van der Waals surface area contributed by atoms with Crippen molar-refractivity contribution in [3.05, 3.63) is 122 Å². The molecule has 0 aliphatic heterocycles. The predicted molar refractivity (Wildman–Crippen MR) is 215 cm³/mol. The van der Waals surface area contributed by atoms with E-state index in [9.17, 15) is 0 Å². The van der Waals surface area contributed by atoms with Gasteiger partial charge in [-0.3, -0.25) is 0 Å². The standard InChI is InChI=1S/C13H22.2C12H8N.4C2H6.Y/c1-4-7-8-13-10-11(5-2)9-12(13)6-3;2*1-3-7-11-9(5-1)10-6-2-4-8-12(10)13-11;4*1-2;/h5-6,11-13H,2-4,7-10H2,1H3;2*1-8H;4*1-2H3;/q;2*-1;;;;;. The number of rotatable bonds is 5. The number of fused-ring (bicyclic) bond motifs is 6. The van der Waals surface area contributed by atoms with E-state index in [1.165, 1.54) is 53.6 Å². The van der Waals surface area contributed by atoms with Crippen LogP contribution in [0.15, 0.2) is 122 Å². The summed E-state index contributed by atoms with van der Waals surface area (Å²) in [5.74, 6) is 2.40. The minimum absolute atomic E-state index is 0. The normalized spacial score (nSPS) is 15.5. The number of aromatic nitrogens is 2. The smallest absolute Gasteiger partial charge is 0 e. The van der Waals surface area contributed by atoms with Gasteiger partial charge in [0.25, 0.3) is 0 Å². The van der Waals surface area contributed by atoms with Gasteiger partial charge in [-0.1, -0.05) is 184 Å². The Labute approximate surface area is 318 Å². The van der Waals surface area contributed by atoms with E-state index >= 15 is 0 Å². The van der Waals surface area contributed by atoms with Crippen LogP contribution in [0.1, 0.15) is 94.4 Å². The molecule has 2 nitrogen and oxygen atoms in total. The van der Waals surface area contributed by atoms with Crippen molar-refractivity contribution in [1.29, 1.82) is 0 Å². The number of nitrogens with zero attached hydrogens (tertiary/aromatic N) is 2. The minimum atomic E-state index is 0. The van der Waals surface area contributed by atoms with Gasteiger partial charge in [-0.15, -0.1) is 35.2 Å². The Bertz CT molecular complexity index is 1470. The van der Waals surface area contributed by atoms with Crippen molar-refractivity contribution < 1.29 is 32.7 Å². The van der Waals surface area contributed by atoms with Crippen LogP contribution in [0.4, 0.5) is 0 Å². The molecule has 0 saturated heterocycles. The molecule has 3 atom stereocenters. The van der Waals surface area contributed by atoms with E-state index in [2.05, 4.69) is 115 Å². The monoisotopic (exact) mass is 719 g/mol. The number of benzene rings is 4. The molecule has 4 aromatic carbocycles. The average molecular weight is 720 g/mol. The molecular weight excluding hydrogens is 657 g/mol. The largest absolute Gasteiger partial charge is 0.657 e. The Morgan fingerprint density at radius 2 is 0.875 bits per heavy atom. The molecule has 0 bridgehead atoms. The molecule has 3 heteroatoms. The zero-order chi connectivity index (χ0) is 35.0. The van der Waals surface area contributed by atoms with E-state index in [0.29, 0.717) is 0 Å². The second-order valence-corrected chi connectivity index (χ2v) is 10.6. The minimum Gasteiger partial charge on any atom is -0.657 e. The van der Waals surface area contributed by atoms with Crippen LogP contribution in [0.25, 0.3) is 43.6 Å².